The molecule has 6 nitrogen and oxygen atoms in total. The third-order valence-corrected chi connectivity index (χ3v) is 5.73. The molecule has 0 spiro atoms. The molecule has 34 heavy (non-hydrogen) atoms. The van der Waals surface area contributed by atoms with Gasteiger partial charge in [-0.3, -0.25) is 9.78 Å². The third-order valence-electron chi connectivity index (χ3n) is 5.73. The standard InChI is InChI=1S/C14H17F3O.C11H15N3O2/c15-14(16,17)13-8-10(9-18)6-7-12(13)11-4-2-1-3-5-11;1-8(12)9-2-3-10(14-6-9)7-13-5-4-11(15)16/h6-8,11,18H,1-5,9H2;2-3,6,12-13H,4-5,7H2,1H3,(H,15,16). The maximum atomic E-state index is 13.0. The number of carboxylic acid groups (broad SMARTS) is 1. The fourth-order valence-electron chi connectivity index (χ4n) is 3.88. The lowest BCUT2D eigenvalue weighted by Gasteiger charge is -2.25. The molecule has 1 saturated carbocycles. The van der Waals surface area contributed by atoms with Crippen LogP contribution in [0.25, 0.3) is 0 Å². The molecule has 4 N–H and O–H groups in total. The largest absolute Gasteiger partial charge is 0.481 e. The number of pyridine rings is 1. The van der Waals surface area contributed by atoms with Gasteiger partial charge >= 0.3 is 12.1 Å². The molecule has 0 aliphatic heterocycles. The van der Waals surface area contributed by atoms with E-state index in [2.05, 4.69) is 10.3 Å². The van der Waals surface area contributed by atoms with Gasteiger partial charge in [0.2, 0.25) is 0 Å². The molecule has 0 saturated heterocycles. The Morgan fingerprint density at radius 3 is 2.41 bits per heavy atom. The molecule has 186 valence electrons. The molecule has 0 amide bonds. The predicted octanol–water partition coefficient (Wildman–Crippen LogP) is 5.28. The fourth-order valence-corrected chi connectivity index (χ4v) is 3.88. The lowest BCUT2D eigenvalue weighted by molar-refractivity contribution is -0.139. The summed E-state index contributed by atoms with van der Waals surface area (Å²) in [6.45, 7) is 2.34. The van der Waals surface area contributed by atoms with Gasteiger partial charge < -0.3 is 20.9 Å². The number of carbonyl (C=O) groups is 1. The first kappa shape index (κ1) is 27.5. The molecular formula is C25H32F3N3O3. The van der Waals surface area contributed by atoms with Crippen LogP contribution >= 0.6 is 0 Å². The van der Waals surface area contributed by atoms with Gasteiger partial charge in [0, 0.05) is 30.6 Å². The van der Waals surface area contributed by atoms with Crippen molar-refractivity contribution in [1.82, 2.24) is 10.3 Å². The number of benzene rings is 1. The minimum atomic E-state index is -4.34. The molecule has 1 aliphatic carbocycles. The zero-order chi connectivity index (χ0) is 25.1. The molecule has 0 unspecified atom stereocenters. The number of hydrogen-bond acceptors (Lipinski definition) is 5. The van der Waals surface area contributed by atoms with Crippen LogP contribution in [0.3, 0.4) is 0 Å². The number of aromatic nitrogens is 1. The summed E-state index contributed by atoms with van der Waals surface area (Å²) in [5, 5.41) is 27.8. The average Bonchev–Trinajstić information content (AvgIpc) is 2.82. The lowest BCUT2D eigenvalue weighted by Crippen LogP contribution is -2.18. The minimum absolute atomic E-state index is 0.0168. The van der Waals surface area contributed by atoms with Gasteiger partial charge in [-0.25, -0.2) is 0 Å². The van der Waals surface area contributed by atoms with Crippen LogP contribution in [0.2, 0.25) is 0 Å². The number of aliphatic carboxylic acids is 1. The summed E-state index contributed by atoms with van der Waals surface area (Å²) in [7, 11) is 0. The number of nitrogens with one attached hydrogen (secondary N) is 2. The minimum Gasteiger partial charge on any atom is -0.481 e. The molecule has 1 aliphatic rings. The van der Waals surface area contributed by atoms with Gasteiger partial charge in [-0.1, -0.05) is 31.4 Å². The topological polar surface area (TPSA) is 106 Å². The van der Waals surface area contributed by atoms with E-state index in [4.69, 9.17) is 15.6 Å². The van der Waals surface area contributed by atoms with Crippen molar-refractivity contribution in [3.05, 3.63) is 64.5 Å². The van der Waals surface area contributed by atoms with Gasteiger partial charge in [0.15, 0.2) is 0 Å². The first-order valence-electron chi connectivity index (χ1n) is 11.4. The quantitative estimate of drug-likeness (QED) is 0.305. The Kier molecular flexibility index (Phi) is 10.7. The van der Waals surface area contributed by atoms with Crippen LogP contribution in [0.1, 0.15) is 79.3 Å². The number of aliphatic hydroxyl groups excluding tert-OH is 1. The number of rotatable bonds is 8. The van der Waals surface area contributed by atoms with Crippen molar-refractivity contribution in [3.8, 4) is 0 Å². The second-order valence-electron chi connectivity index (χ2n) is 8.40. The maximum absolute atomic E-state index is 13.0. The summed E-state index contributed by atoms with van der Waals surface area (Å²) in [5.41, 5.74) is 2.28. The SMILES string of the molecule is CC(=N)c1ccc(CNCCC(=O)O)nc1.OCc1ccc(C2CCCCC2)c(C(F)(F)F)c1. The van der Waals surface area contributed by atoms with Crippen molar-refractivity contribution in [1.29, 1.82) is 5.41 Å². The Balaban J connectivity index is 0.000000242. The van der Waals surface area contributed by atoms with Crippen LogP contribution < -0.4 is 5.32 Å². The number of hydrogen-bond donors (Lipinski definition) is 4. The highest BCUT2D eigenvalue weighted by Gasteiger charge is 2.35. The zero-order valence-electron chi connectivity index (χ0n) is 19.3. The summed E-state index contributed by atoms with van der Waals surface area (Å²) < 4.78 is 39.1. The van der Waals surface area contributed by atoms with Crippen LogP contribution in [-0.2, 0) is 24.1 Å². The van der Waals surface area contributed by atoms with Crippen molar-refractivity contribution in [3.63, 3.8) is 0 Å². The molecule has 1 fully saturated rings. The van der Waals surface area contributed by atoms with E-state index in [0.29, 0.717) is 29.9 Å². The summed E-state index contributed by atoms with van der Waals surface area (Å²) in [5.74, 6) is -0.793. The molecule has 1 aromatic carbocycles. The second kappa shape index (κ2) is 13.2. The van der Waals surface area contributed by atoms with Crippen molar-refractivity contribution >= 4 is 11.7 Å². The molecule has 0 atom stereocenters. The molecule has 0 bridgehead atoms. The Morgan fingerprint density at radius 2 is 1.88 bits per heavy atom. The summed E-state index contributed by atoms with van der Waals surface area (Å²) in [6.07, 6.45) is 2.22. The summed E-state index contributed by atoms with van der Waals surface area (Å²) in [4.78, 5) is 14.4. The van der Waals surface area contributed by atoms with Gasteiger partial charge in [-0.2, -0.15) is 13.2 Å². The van der Waals surface area contributed by atoms with Gasteiger partial charge in [0.1, 0.15) is 0 Å². The van der Waals surface area contributed by atoms with E-state index in [1.165, 1.54) is 0 Å². The van der Waals surface area contributed by atoms with Gasteiger partial charge in [0.25, 0.3) is 0 Å². The van der Waals surface area contributed by atoms with E-state index in [1.807, 2.05) is 12.1 Å². The molecule has 3 rings (SSSR count). The van der Waals surface area contributed by atoms with E-state index in [-0.39, 0.29) is 18.9 Å². The van der Waals surface area contributed by atoms with Crippen molar-refractivity contribution in [2.75, 3.05) is 6.54 Å². The van der Waals surface area contributed by atoms with Crippen LogP contribution in [0, 0.1) is 5.41 Å². The van der Waals surface area contributed by atoms with Crippen LogP contribution in [0.15, 0.2) is 36.5 Å². The Morgan fingerprint density at radius 1 is 1.18 bits per heavy atom. The van der Waals surface area contributed by atoms with Gasteiger partial charge in [0.05, 0.1) is 24.3 Å². The van der Waals surface area contributed by atoms with Crippen LogP contribution in [-0.4, -0.2) is 33.4 Å². The van der Waals surface area contributed by atoms with E-state index >= 15 is 0 Å². The number of carboxylic acids is 1. The molecule has 2 aromatic rings. The van der Waals surface area contributed by atoms with Gasteiger partial charge in [-0.15, -0.1) is 0 Å². The first-order valence-corrected chi connectivity index (χ1v) is 11.4. The molecule has 1 heterocycles. The number of nitrogens with zero attached hydrogens (tertiary/aromatic N) is 1. The normalized spacial score (nSPS) is 14.3. The zero-order valence-corrected chi connectivity index (χ0v) is 19.3. The highest BCUT2D eigenvalue weighted by Crippen LogP contribution is 2.41. The predicted molar refractivity (Wildman–Crippen MR) is 124 cm³/mol. The first-order chi connectivity index (χ1) is 16.1. The van der Waals surface area contributed by atoms with E-state index in [0.717, 1.165) is 49.4 Å². The van der Waals surface area contributed by atoms with E-state index in [9.17, 15) is 18.0 Å². The number of halogens is 3. The van der Waals surface area contributed by atoms with Crippen molar-refractivity contribution < 1.29 is 28.2 Å². The molecule has 1 aromatic heterocycles. The van der Waals surface area contributed by atoms with E-state index < -0.39 is 17.7 Å². The molecule has 9 heteroatoms. The highest BCUT2D eigenvalue weighted by molar-refractivity contribution is 5.95. The average molecular weight is 480 g/mol. The third kappa shape index (κ3) is 8.87. The number of aliphatic hydroxyl groups is 1. The highest BCUT2D eigenvalue weighted by atomic mass is 19.4. The fraction of sp³-hybridized carbons (Fsp3) is 0.480. The van der Waals surface area contributed by atoms with Crippen LogP contribution in [0.5, 0.6) is 0 Å². The monoisotopic (exact) mass is 479 g/mol. The second-order valence-corrected chi connectivity index (χ2v) is 8.40. The molecular weight excluding hydrogens is 447 g/mol. The van der Waals surface area contributed by atoms with Crippen molar-refractivity contribution in [2.24, 2.45) is 0 Å². The maximum Gasteiger partial charge on any atom is 0.416 e. The Bertz CT molecular complexity index is 941. The number of alkyl halides is 3. The molecule has 0 radical (unpaired) electrons. The summed E-state index contributed by atoms with van der Waals surface area (Å²) in [6, 6.07) is 7.90. The van der Waals surface area contributed by atoms with Crippen LogP contribution in [0.4, 0.5) is 13.2 Å². The smallest absolute Gasteiger partial charge is 0.416 e. The Hall–Kier alpha value is -2.78. The Labute approximate surface area is 197 Å². The van der Waals surface area contributed by atoms with E-state index in [1.54, 1.807) is 25.3 Å². The van der Waals surface area contributed by atoms with Gasteiger partial charge in [-0.05, 0) is 55.0 Å². The van der Waals surface area contributed by atoms with Crippen molar-refractivity contribution in [2.45, 2.75) is 70.7 Å². The lowest BCUT2D eigenvalue weighted by atomic mass is 9.81. The summed E-state index contributed by atoms with van der Waals surface area (Å²) >= 11 is 0.